The zero-order valence-corrected chi connectivity index (χ0v) is 24.4. The van der Waals surface area contributed by atoms with Crippen LogP contribution in [0.15, 0.2) is 12.1 Å². The summed E-state index contributed by atoms with van der Waals surface area (Å²) in [7, 11) is 0. The maximum Gasteiger partial charge on any atom is 0.418 e. The Balaban J connectivity index is 1.33. The van der Waals surface area contributed by atoms with Gasteiger partial charge in [-0.15, -0.1) is 0 Å². The Labute approximate surface area is 254 Å². The average Bonchev–Trinajstić information content (AvgIpc) is 3.57. The number of aromatic nitrogens is 3. The van der Waals surface area contributed by atoms with Crippen LogP contribution >= 0.6 is 11.6 Å². The quantitative estimate of drug-likeness (QED) is 0.263. The summed E-state index contributed by atoms with van der Waals surface area (Å²) in [4.78, 5) is 17.8. The number of nitrogens with two attached hydrogens (primary N) is 1. The Morgan fingerprint density at radius 3 is 2.68 bits per heavy atom. The summed E-state index contributed by atoms with van der Waals surface area (Å²) in [6.45, 7) is 1.84. The molecule has 1 aromatic carbocycles. The highest BCUT2D eigenvalue weighted by atomic mass is 35.5. The van der Waals surface area contributed by atoms with Gasteiger partial charge < -0.3 is 20.1 Å². The van der Waals surface area contributed by atoms with Crippen LogP contribution in [-0.4, -0.2) is 69.4 Å². The number of hydrogen-bond acceptors (Lipinski definition) is 8. The molecule has 0 bridgehead atoms. The summed E-state index contributed by atoms with van der Waals surface area (Å²) in [6.07, 6.45) is 0.174. The minimum absolute atomic E-state index is 0.0341. The zero-order chi connectivity index (χ0) is 30.6. The van der Waals surface area contributed by atoms with Crippen LogP contribution in [0.5, 0.6) is 11.9 Å². The molecule has 4 fully saturated rings. The molecule has 0 amide bonds. The van der Waals surface area contributed by atoms with Crippen LogP contribution in [0.25, 0.3) is 22.2 Å². The molecule has 44 heavy (non-hydrogen) atoms. The largest absolute Gasteiger partial charge is 0.468 e. The molecule has 2 N–H and O–H groups in total. The highest BCUT2D eigenvalue weighted by molar-refractivity contribution is 6.32. The molecule has 2 aromatic heterocycles. The fraction of sp³-hybridized carbons (Fsp3) is 0.567. The van der Waals surface area contributed by atoms with Crippen molar-refractivity contribution in [3.63, 3.8) is 0 Å². The molecule has 0 radical (unpaired) electrons. The molecule has 14 heteroatoms. The van der Waals surface area contributed by atoms with Gasteiger partial charge in [-0.2, -0.15) is 23.1 Å². The number of nitrogens with zero attached hydrogens (tertiary/aromatic N) is 5. The number of halogens is 6. The summed E-state index contributed by atoms with van der Waals surface area (Å²) < 4.78 is 86.6. The van der Waals surface area contributed by atoms with Gasteiger partial charge in [0.15, 0.2) is 5.82 Å². The summed E-state index contributed by atoms with van der Waals surface area (Å²) in [5, 5.41) is -0.491. The van der Waals surface area contributed by atoms with Crippen molar-refractivity contribution < 1.29 is 31.4 Å². The number of pyridine rings is 1. The van der Waals surface area contributed by atoms with Crippen molar-refractivity contribution in [2.45, 2.75) is 80.9 Å². The minimum Gasteiger partial charge on any atom is -0.468 e. The Kier molecular flexibility index (Phi) is 6.21. The first-order valence-electron chi connectivity index (χ1n) is 15.0. The second-order valence-corrected chi connectivity index (χ2v) is 13.2. The van der Waals surface area contributed by atoms with Crippen LogP contribution in [0.1, 0.15) is 56.9 Å². The molecule has 6 heterocycles. The summed E-state index contributed by atoms with van der Waals surface area (Å²) in [5.74, 6) is -0.754. The molecule has 3 atom stereocenters. The number of rotatable bonds is 4. The molecule has 3 aromatic rings. The van der Waals surface area contributed by atoms with Gasteiger partial charge in [0.05, 0.1) is 22.2 Å². The lowest BCUT2D eigenvalue weighted by Gasteiger charge is -2.39. The van der Waals surface area contributed by atoms with E-state index in [9.17, 15) is 17.6 Å². The van der Waals surface area contributed by atoms with E-state index in [-0.39, 0.29) is 41.1 Å². The predicted molar refractivity (Wildman–Crippen MR) is 153 cm³/mol. The molecular formula is C30H30ClF5N6O2. The van der Waals surface area contributed by atoms with E-state index < -0.39 is 51.1 Å². The molecule has 234 valence electrons. The summed E-state index contributed by atoms with van der Waals surface area (Å²) >= 11 is 6.03. The van der Waals surface area contributed by atoms with Gasteiger partial charge in [0, 0.05) is 30.8 Å². The van der Waals surface area contributed by atoms with Crippen molar-refractivity contribution >= 4 is 34.0 Å². The second-order valence-electron chi connectivity index (χ2n) is 12.8. The van der Waals surface area contributed by atoms with Crippen molar-refractivity contribution in [1.82, 2.24) is 19.9 Å². The van der Waals surface area contributed by atoms with E-state index in [4.69, 9.17) is 31.8 Å². The first-order chi connectivity index (χ1) is 21.0. The first-order valence-corrected chi connectivity index (χ1v) is 15.4. The van der Waals surface area contributed by atoms with Crippen molar-refractivity contribution in [3.8, 4) is 23.1 Å². The Morgan fingerprint density at radius 2 is 1.91 bits per heavy atom. The number of hydrogen-bond donors (Lipinski definition) is 1. The van der Waals surface area contributed by atoms with Gasteiger partial charge in [-0.05, 0) is 63.6 Å². The molecule has 1 aliphatic carbocycles. The van der Waals surface area contributed by atoms with E-state index in [2.05, 4.69) is 19.8 Å². The van der Waals surface area contributed by atoms with Gasteiger partial charge >= 0.3 is 12.2 Å². The van der Waals surface area contributed by atoms with Crippen LogP contribution in [-0.2, 0) is 6.18 Å². The lowest BCUT2D eigenvalue weighted by molar-refractivity contribution is -0.137. The number of fused-ring (bicyclic) bond motifs is 4. The van der Waals surface area contributed by atoms with Crippen molar-refractivity contribution in [3.05, 3.63) is 28.5 Å². The Bertz CT molecular complexity index is 1690. The highest BCUT2D eigenvalue weighted by Crippen LogP contribution is 2.54. The lowest BCUT2D eigenvalue weighted by atomic mass is 9.95. The van der Waals surface area contributed by atoms with Crippen molar-refractivity contribution in [2.24, 2.45) is 0 Å². The third-order valence-electron chi connectivity index (χ3n) is 10.0. The Morgan fingerprint density at radius 1 is 1.09 bits per heavy atom. The monoisotopic (exact) mass is 636 g/mol. The van der Waals surface area contributed by atoms with Crippen LogP contribution in [0.2, 0.25) is 5.02 Å². The normalized spacial score (nSPS) is 27.3. The Hall–Kier alpha value is -3.19. The number of benzene rings is 1. The van der Waals surface area contributed by atoms with E-state index in [1.165, 1.54) is 0 Å². The fourth-order valence-electron chi connectivity index (χ4n) is 7.93. The van der Waals surface area contributed by atoms with Gasteiger partial charge in [-0.3, -0.25) is 4.90 Å². The molecule has 4 aliphatic heterocycles. The molecule has 3 saturated heterocycles. The maximum atomic E-state index is 16.7. The number of ether oxygens (including phenoxy) is 2. The zero-order valence-electron chi connectivity index (χ0n) is 23.7. The number of anilines is 2. The molecule has 1 saturated carbocycles. The summed E-state index contributed by atoms with van der Waals surface area (Å²) in [5.41, 5.74) is 1.91. The number of alkyl halides is 4. The molecular weight excluding hydrogens is 607 g/mol. The third-order valence-corrected chi connectivity index (χ3v) is 10.3. The standard InChI is InChI=1S/C30H30ClF5N6O2/c31-18-11-16(37)10-17(21(18)30(34,35)36)23-22(33)24-20-25(42-9-2-1-4-19(42)29(6-7-29)44-26(20)38-23)40-27(39-24)43-14-28-5-3-8-41(28)13-15(32)12-28/h10-11,15,19H,1-9,12-14,37H2/t15-,19+,28+/m1/s1. The average molecular weight is 637 g/mol. The SMILES string of the molecule is Nc1cc(Cl)c(C(F)(F)F)c(-c2nc3c4c(nc(OC[C@@]56CCCN5C[C@H](F)C6)nc4c2F)N2CCCC[C@H]2C2(CC2)O3)c1. The van der Waals surface area contributed by atoms with E-state index in [1.54, 1.807) is 0 Å². The van der Waals surface area contributed by atoms with Crippen molar-refractivity contribution in [1.29, 1.82) is 0 Å². The smallest absolute Gasteiger partial charge is 0.418 e. The number of piperidine rings is 1. The van der Waals surface area contributed by atoms with E-state index >= 15 is 4.39 Å². The number of nitrogen functional groups attached to an aromatic ring is 1. The van der Waals surface area contributed by atoms with Crippen LogP contribution < -0.4 is 20.1 Å². The minimum atomic E-state index is -4.93. The third kappa shape index (κ3) is 4.28. The first kappa shape index (κ1) is 28.3. The van der Waals surface area contributed by atoms with E-state index in [0.717, 1.165) is 63.6 Å². The molecule has 8 rings (SSSR count). The fourth-order valence-corrected chi connectivity index (χ4v) is 8.26. The van der Waals surface area contributed by atoms with Crippen LogP contribution in [0.3, 0.4) is 0 Å². The second kappa shape index (κ2) is 9.65. The highest BCUT2D eigenvalue weighted by Gasteiger charge is 2.57. The molecule has 0 unspecified atom stereocenters. The van der Waals surface area contributed by atoms with Gasteiger partial charge in [0.25, 0.3) is 0 Å². The topological polar surface area (TPSA) is 89.6 Å². The van der Waals surface area contributed by atoms with Gasteiger partial charge in [-0.1, -0.05) is 11.6 Å². The van der Waals surface area contributed by atoms with E-state index in [1.807, 2.05) is 0 Å². The maximum absolute atomic E-state index is 16.7. The predicted octanol–water partition coefficient (Wildman–Crippen LogP) is 6.32. The van der Waals surface area contributed by atoms with Gasteiger partial charge in [0.2, 0.25) is 5.88 Å². The summed E-state index contributed by atoms with van der Waals surface area (Å²) in [6, 6.07) is 1.77. The lowest BCUT2D eigenvalue weighted by Crippen LogP contribution is -2.50. The van der Waals surface area contributed by atoms with Gasteiger partial charge in [0.1, 0.15) is 40.8 Å². The van der Waals surface area contributed by atoms with Gasteiger partial charge in [-0.25, -0.2) is 13.8 Å². The molecule has 5 aliphatic rings. The van der Waals surface area contributed by atoms with Crippen molar-refractivity contribution in [2.75, 3.05) is 36.9 Å². The van der Waals surface area contributed by atoms with Crippen LogP contribution in [0.4, 0.5) is 33.5 Å². The molecule has 1 spiro atoms. The molecule has 8 nitrogen and oxygen atoms in total. The van der Waals surface area contributed by atoms with Crippen LogP contribution in [0, 0.1) is 5.82 Å². The van der Waals surface area contributed by atoms with E-state index in [0.29, 0.717) is 25.3 Å².